The second-order valence-electron chi connectivity index (χ2n) is 6.19. The summed E-state index contributed by atoms with van der Waals surface area (Å²) in [5.41, 5.74) is 1.89. The first kappa shape index (κ1) is 18.3. The zero-order valence-corrected chi connectivity index (χ0v) is 15.7. The molecule has 10 nitrogen and oxygen atoms in total. The highest BCUT2D eigenvalue weighted by Gasteiger charge is 2.09. The molecule has 0 bridgehead atoms. The molecule has 0 radical (unpaired) electrons. The molecule has 0 spiro atoms. The van der Waals surface area contributed by atoms with Crippen LogP contribution in [-0.4, -0.2) is 36.3 Å². The molecule has 29 heavy (non-hydrogen) atoms. The molecular weight excluding hydrogens is 374 g/mol. The van der Waals surface area contributed by atoms with Crippen LogP contribution in [0.1, 0.15) is 27.9 Å². The Morgan fingerprint density at radius 2 is 2.00 bits per heavy atom. The third kappa shape index (κ3) is 4.26. The van der Waals surface area contributed by atoms with Crippen LogP contribution in [0.15, 0.2) is 53.1 Å². The van der Waals surface area contributed by atoms with E-state index in [4.69, 9.17) is 9.26 Å². The summed E-state index contributed by atoms with van der Waals surface area (Å²) in [5, 5.41) is 18.1. The highest BCUT2D eigenvalue weighted by atomic mass is 16.5. The van der Waals surface area contributed by atoms with Gasteiger partial charge in [-0.3, -0.25) is 4.79 Å². The molecule has 0 saturated heterocycles. The Labute approximate surface area is 165 Å². The lowest BCUT2D eigenvalue weighted by atomic mass is 10.2. The second-order valence-corrected chi connectivity index (χ2v) is 6.19. The van der Waals surface area contributed by atoms with Crippen LogP contribution in [-0.2, 0) is 6.61 Å². The minimum Gasteiger partial charge on any atom is -0.485 e. The molecule has 2 aromatic heterocycles. The van der Waals surface area contributed by atoms with Gasteiger partial charge in [-0.15, -0.1) is 5.10 Å². The van der Waals surface area contributed by atoms with Gasteiger partial charge in [-0.2, -0.15) is 9.67 Å². The first-order valence-electron chi connectivity index (χ1n) is 8.77. The fraction of sp³-hybridized carbons (Fsp3) is 0.158. The number of nitrogens with zero attached hydrogens (tertiary/aromatic N) is 6. The molecule has 0 fully saturated rings. The number of hydrogen-bond acceptors (Lipinski definition) is 8. The van der Waals surface area contributed by atoms with E-state index < -0.39 is 0 Å². The standard InChI is InChI=1S/C19H17N7O3/c1-12-22-24-25-26(12)16-5-3-4-15(10-16)21-19(27)14-6-8-17(9-7-14)28-11-18-20-13(2)29-23-18/h3-10H,11H2,1-2H3,(H,21,27). The largest absolute Gasteiger partial charge is 0.485 e. The van der Waals surface area contributed by atoms with E-state index in [9.17, 15) is 4.79 Å². The maximum absolute atomic E-state index is 12.5. The summed E-state index contributed by atoms with van der Waals surface area (Å²) >= 11 is 0. The Kier molecular flexibility index (Phi) is 4.97. The molecule has 4 rings (SSSR count). The quantitative estimate of drug-likeness (QED) is 0.532. The maximum Gasteiger partial charge on any atom is 0.255 e. The smallest absolute Gasteiger partial charge is 0.255 e. The molecule has 4 aromatic rings. The van der Waals surface area contributed by atoms with Gasteiger partial charge < -0.3 is 14.6 Å². The predicted molar refractivity (Wildman–Crippen MR) is 102 cm³/mol. The van der Waals surface area contributed by atoms with Gasteiger partial charge in [0, 0.05) is 18.2 Å². The predicted octanol–water partition coefficient (Wildman–Crippen LogP) is 2.49. The van der Waals surface area contributed by atoms with Gasteiger partial charge in [0.1, 0.15) is 5.75 Å². The van der Waals surface area contributed by atoms with E-state index in [1.807, 2.05) is 12.1 Å². The monoisotopic (exact) mass is 391 g/mol. The van der Waals surface area contributed by atoms with Crippen LogP contribution in [0.3, 0.4) is 0 Å². The number of carbonyl (C=O) groups excluding carboxylic acids is 1. The summed E-state index contributed by atoms with van der Waals surface area (Å²) in [6.45, 7) is 3.70. The van der Waals surface area contributed by atoms with Crippen molar-refractivity contribution in [2.24, 2.45) is 0 Å². The lowest BCUT2D eigenvalue weighted by Gasteiger charge is -2.09. The van der Waals surface area contributed by atoms with E-state index in [1.165, 1.54) is 0 Å². The number of nitrogens with one attached hydrogen (secondary N) is 1. The molecule has 0 atom stereocenters. The molecule has 2 aromatic carbocycles. The summed E-state index contributed by atoms with van der Waals surface area (Å²) in [5.74, 6) is 1.95. The van der Waals surface area contributed by atoms with Crippen molar-refractivity contribution >= 4 is 11.6 Å². The Bertz CT molecular complexity index is 1130. The minimum atomic E-state index is -0.240. The first-order valence-corrected chi connectivity index (χ1v) is 8.77. The number of anilines is 1. The third-order valence-electron chi connectivity index (χ3n) is 4.03. The van der Waals surface area contributed by atoms with Crippen molar-refractivity contribution < 1.29 is 14.1 Å². The summed E-state index contributed by atoms with van der Waals surface area (Å²) in [7, 11) is 0. The molecule has 0 unspecified atom stereocenters. The molecule has 1 N–H and O–H groups in total. The van der Waals surface area contributed by atoms with Crippen LogP contribution in [0.25, 0.3) is 5.69 Å². The number of tetrazole rings is 1. The summed E-state index contributed by atoms with van der Waals surface area (Å²) in [6.07, 6.45) is 0. The SMILES string of the molecule is Cc1nc(COc2ccc(C(=O)Nc3cccc(-n4nnnc4C)c3)cc2)no1. The number of ether oxygens (including phenoxy) is 1. The lowest BCUT2D eigenvalue weighted by Crippen LogP contribution is -2.12. The fourth-order valence-corrected chi connectivity index (χ4v) is 2.64. The van der Waals surface area contributed by atoms with Gasteiger partial charge in [-0.05, 0) is 59.8 Å². The van der Waals surface area contributed by atoms with Crippen LogP contribution in [0.5, 0.6) is 5.75 Å². The van der Waals surface area contributed by atoms with E-state index >= 15 is 0 Å². The molecule has 146 valence electrons. The van der Waals surface area contributed by atoms with Gasteiger partial charge in [0.15, 0.2) is 12.4 Å². The molecule has 0 aliphatic rings. The topological polar surface area (TPSA) is 121 Å². The maximum atomic E-state index is 12.5. The van der Waals surface area contributed by atoms with Gasteiger partial charge >= 0.3 is 0 Å². The number of carbonyl (C=O) groups is 1. The van der Waals surface area contributed by atoms with Crippen molar-refractivity contribution in [3.05, 3.63) is 71.6 Å². The van der Waals surface area contributed by atoms with Gasteiger partial charge in [0.25, 0.3) is 5.91 Å². The molecule has 0 aliphatic heterocycles. The van der Waals surface area contributed by atoms with E-state index in [0.717, 1.165) is 5.69 Å². The first-order chi connectivity index (χ1) is 14.1. The molecule has 2 heterocycles. The highest BCUT2D eigenvalue weighted by molar-refractivity contribution is 6.04. The second kappa shape index (κ2) is 7.89. The average molecular weight is 391 g/mol. The number of hydrogen-bond donors (Lipinski definition) is 1. The molecule has 1 amide bonds. The van der Waals surface area contributed by atoms with Gasteiger partial charge in [0.05, 0.1) is 5.69 Å². The van der Waals surface area contributed by atoms with Crippen LogP contribution in [0.2, 0.25) is 0 Å². The molecule has 0 aliphatic carbocycles. The molecule has 0 saturated carbocycles. The zero-order chi connectivity index (χ0) is 20.2. The minimum absolute atomic E-state index is 0.187. The Hall–Kier alpha value is -4.08. The van der Waals surface area contributed by atoms with Gasteiger partial charge in [-0.25, -0.2) is 0 Å². The normalized spacial score (nSPS) is 10.7. The van der Waals surface area contributed by atoms with Crippen molar-refractivity contribution in [1.29, 1.82) is 0 Å². The number of benzene rings is 2. The zero-order valence-electron chi connectivity index (χ0n) is 15.7. The third-order valence-corrected chi connectivity index (χ3v) is 4.03. The van der Waals surface area contributed by atoms with E-state index in [-0.39, 0.29) is 12.5 Å². The number of aromatic nitrogens is 6. The number of amides is 1. The van der Waals surface area contributed by atoms with Crippen molar-refractivity contribution in [2.45, 2.75) is 20.5 Å². The van der Waals surface area contributed by atoms with E-state index in [1.54, 1.807) is 54.9 Å². The Balaban J connectivity index is 1.40. The molecular formula is C19H17N7O3. The Morgan fingerprint density at radius 1 is 1.17 bits per heavy atom. The summed E-state index contributed by atoms with van der Waals surface area (Å²) in [4.78, 5) is 16.6. The van der Waals surface area contributed by atoms with Crippen LogP contribution < -0.4 is 10.1 Å². The molecule has 10 heteroatoms. The lowest BCUT2D eigenvalue weighted by molar-refractivity contribution is 0.102. The van der Waals surface area contributed by atoms with Crippen LogP contribution in [0.4, 0.5) is 5.69 Å². The summed E-state index contributed by atoms with van der Waals surface area (Å²) in [6, 6.07) is 14.1. The Morgan fingerprint density at radius 3 is 2.69 bits per heavy atom. The fourth-order valence-electron chi connectivity index (χ4n) is 2.64. The van der Waals surface area contributed by atoms with Crippen molar-refractivity contribution in [3.63, 3.8) is 0 Å². The van der Waals surface area contributed by atoms with E-state index in [2.05, 4.69) is 31.0 Å². The highest BCUT2D eigenvalue weighted by Crippen LogP contribution is 2.18. The van der Waals surface area contributed by atoms with Gasteiger partial charge in [0.2, 0.25) is 11.7 Å². The van der Waals surface area contributed by atoms with Crippen LogP contribution >= 0.6 is 0 Å². The number of rotatable bonds is 6. The summed E-state index contributed by atoms with van der Waals surface area (Å²) < 4.78 is 12.1. The van der Waals surface area contributed by atoms with Crippen molar-refractivity contribution in [3.8, 4) is 11.4 Å². The van der Waals surface area contributed by atoms with Crippen molar-refractivity contribution in [1.82, 2.24) is 30.3 Å². The van der Waals surface area contributed by atoms with E-state index in [0.29, 0.717) is 34.5 Å². The van der Waals surface area contributed by atoms with Crippen molar-refractivity contribution in [2.75, 3.05) is 5.32 Å². The number of aryl methyl sites for hydroxylation is 2. The van der Waals surface area contributed by atoms with Gasteiger partial charge in [-0.1, -0.05) is 11.2 Å². The van der Waals surface area contributed by atoms with Crippen LogP contribution in [0, 0.1) is 13.8 Å². The average Bonchev–Trinajstić information content (AvgIpc) is 3.35.